The molecule has 3 aromatic rings. The average Bonchev–Trinajstić information content (AvgIpc) is 3.10. The number of fused-ring (bicyclic) bond motifs is 1. The molecule has 0 unspecified atom stereocenters. The van der Waals surface area contributed by atoms with Crippen molar-refractivity contribution in [3.05, 3.63) is 54.6 Å². The van der Waals surface area contributed by atoms with Crippen LogP contribution in [0.25, 0.3) is 5.65 Å². The van der Waals surface area contributed by atoms with Gasteiger partial charge in [0.2, 0.25) is 10.0 Å². The van der Waals surface area contributed by atoms with E-state index in [4.69, 9.17) is 0 Å². The van der Waals surface area contributed by atoms with Gasteiger partial charge in [0, 0.05) is 50.5 Å². The smallest absolute Gasteiger partial charge is 0.244 e. The van der Waals surface area contributed by atoms with Crippen molar-refractivity contribution >= 4 is 27.4 Å². The Hall–Kier alpha value is -1.94. The van der Waals surface area contributed by atoms with E-state index in [9.17, 15) is 8.42 Å². The lowest BCUT2D eigenvalue weighted by Crippen LogP contribution is -2.47. The first kappa shape index (κ1) is 18.4. The first-order valence-electron chi connectivity index (χ1n) is 8.72. The van der Waals surface area contributed by atoms with Gasteiger partial charge >= 0.3 is 0 Å². The summed E-state index contributed by atoms with van der Waals surface area (Å²) in [6, 6.07) is 9.30. The summed E-state index contributed by atoms with van der Waals surface area (Å²) < 4.78 is 29.0. The second-order valence-electron chi connectivity index (χ2n) is 6.53. The average molecular weight is 404 g/mol. The van der Waals surface area contributed by atoms with Gasteiger partial charge in [0.05, 0.1) is 10.7 Å². The van der Waals surface area contributed by atoms with Gasteiger partial charge in [0.1, 0.15) is 10.5 Å². The van der Waals surface area contributed by atoms with Gasteiger partial charge < -0.3 is 9.30 Å². The molecule has 0 aliphatic carbocycles. The first-order chi connectivity index (χ1) is 13.0. The van der Waals surface area contributed by atoms with E-state index >= 15 is 0 Å². The van der Waals surface area contributed by atoms with Crippen molar-refractivity contribution in [2.24, 2.45) is 0 Å². The van der Waals surface area contributed by atoms with E-state index in [0.717, 1.165) is 29.5 Å². The summed E-state index contributed by atoms with van der Waals surface area (Å²) in [5.74, 6) is 0.680. The van der Waals surface area contributed by atoms with Gasteiger partial charge in [0.15, 0.2) is 0 Å². The lowest BCUT2D eigenvalue weighted by molar-refractivity contribution is 0.222. The third-order valence-electron chi connectivity index (χ3n) is 4.59. The number of pyridine rings is 2. The van der Waals surface area contributed by atoms with E-state index in [0.29, 0.717) is 18.8 Å². The fourth-order valence-corrected chi connectivity index (χ4v) is 5.08. The van der Waals surface area contributed by atoms with E-state index in [1.807, 2.05) is 42.0 Å². The van der Waals surface area contributed by atoms with Gasteiger partial charge in [-0.25, -0.2) is 18.4 Å². The molecule has 1 saturated heterocycles. The molecule has 9 heteroatoms. The van der Waals surface area contributed by atoms with Gasteiger partial charge in [-0.3, -0.25) is 0 Å². The Kier molecular flexibility index (Phi) is 5.18. The molecule has 7 nitrogen and oxygen atoms in total. The molecule has 1 fully saturated rings. The molecular weight excluding hydrogens is 382 g/mol. The maximum atomic E-state index is 12.7. The van der Waals surface area contributed by atoms with E-state index in [2.05, 4.69) is 14.9 Å². The van der Waals surface area contributed by atoms with E-state index < -0.39 is 10.0 Å². The quantitative estimate of drug-likeness (QED) is 0.607. The fraction of sp³-hybridized carbons (Fsp3) is 0.333. The highest BCUT2D eigenvalue weighted by atomic mass is 32.2. The van der Waals surface area contributed by atoms with Crippen LogP contribution in [0.15, 0.2) is 58.8 Å². The summed E-state index contributed by atoms with van der Waals surface area (Å²) in [4.78, 5) is 11.3. The van der Waals surface area contributed by atoms with Crippen LogP contribution in [0.3, 0.4) is 0 Å². The number of rotatable bonds is 5. The van der Waals surface area contributed by atoms with E-state index in [1.165, 1.54) is 10.5 Å². The van der Waals surface area contributed by atoms with Gasteiger partial charge in [-0.15, -0.1) is 0 Å². The largest absolute Gasteiger partial charge is 0.307 e. The highest BCUT2D eigenvalue weighted by Gasteiger charge is 2.27. The Morgan fingerprint density at radius 1 is 1.11 bits per heavy atom. The van der Waals surface area contributed by atoms with Crippen LogP contribution >= 0.6 is 11.8 Å². The second kappa shape index (κ2) is 7.59. The summed E-state index contributed by atoms with van der Waals surface area (Å²) >= 11 is 1.54. The van der Waals surface area contributed by atoms with Crippen LogP contribution in [0.2, 0.25) is 0 Å². The van der Waals surface area contributed by atoms with Gasteiger partial charge in [-0.1, -0.05) is 17.8 Å². The van der Waals surface area contributed by atoms with Crippen molar-refractivity contribution < 1.29 is 8.42 Å². The molecule has 4 rings (SSSR count). The van der Waals surface area contributed by atoms with Crippen molar-refractivity contribution in [3.8, 4) is 0 Å². The second-order valence-corrected chi connectivity index (χ2v) is 9.46. The number of hydrogen-bond acceptors (Lipinski definition) is 6. The van der Waals surface area contributed by atoms with E-state index in [-0.39, 0.29) is 4.90 Å². The monoisotopic (exact) mass is 403 g/mol. The van der Waals surface area contributed by atoms with Gasteiger partial charge in [-0.05, 0) is 31.3 Å². The molecule has 0 saturated carbocycles. The number of imidazole rings is 1. The summed E-state index contributed by atoms with van der Waals surface area (Å²) in [5, 5.41) is 0.782. The Morgan fingerprint density at radius 3 is 2.63 bits per heavy atom. The van der Waals surface area contributed by atoms with Crippen molar-refractivity contribution in [1.82, 2.24) is 23.6 Å². The molecule has 0 amide bonds. The number of piperazine rings is 1. The number of thioether (sulfide) groups is 1. The third kappa shape index (κ3) is 4.01. The number of hydrogen-bond donors (Lipinski definition) is 0. The molecule has 1 aliphatic heterocycles. The highest BCUT2D eigenvalue weighted by Crippen LogP contribution is 2.23. The van der Waals surface area contributed by atoms with Crippen molar-refractivity contribution in [2.45, 2.75) is 15.7 Å². The van der Waals surface area contributed by atoms with Crippen LogP contribution in [-0.4, -0.2) is 65.2 Å². The molecule has 0 atom stereocenters. The van der Waals surface area contributed by atoms with E-state index in [1.54, 1.807) is 23.9 Å². The minimum atomic E-state index is -3.47. The molecule has 1 aliphatic rings. The Morgan fingerprint density at radius 2 is 1.93 bits per heavy atom. The molecule has 0 N–H and O–H groups in total. The number of likely N-dealkylation sites (N-methyl/N-ethyl adjacent to an activating group) is 1. The molecule has 27 heavy (non-hydrogen) atoms. The molecule has 4 heterocycles. The van der Waals surface area contributed by atoms with Crippen LogP contribution in [-0.2, 0) is 15.8 Å². The van der Waals surface area contributed by atoms with Crippen LogP contribution in [0.4, 0.5) is 0 Å². The predicted molar refractivity (Wildman–Crippen MR) is 105 cm³/mol. The van der Waals surface area contributed by atoms with Gasteiger partial charge in [0.25, 0.3) is 0 Å². The molecular formula is C18H21N5O2S2. The SMILES string of the molecule is CN1CCN(S(=O)(=O)c2ccc(SCc3cn4ccccc4n3)nc2)CC1. The van der Waals surface area contributed by atoms with Crippen molar-refractivity contribution in [1.29, 1.82) is 0 Å². The number of aromatic nitrogens is 3. The van der Waals surface area contributed by atoms with Crippen molar-refractivity contribution in [3.63, 3.8) is 0 Å². The minimum Gasteiger partial charge on any atom is -0.307 e. The molecule has 142 valence electrons. The number of sulfonamides is 1. The number of nitrogens with zero attached hydrogens (tertiary/aromatic N) is 5. The Labute approximate surface area is 163 Å². The summed E-state index contributed by atoms with van der Waals surface area (Å²) in [6.45, 7) is 2.53. The summed E-state index contributed by atoms with van der Waals surface area (Å²) in [7, 11) is -1.47. The Bertz CT molecular complexity index is 992. The van der Waals surface area contributed by atoms with Crippen LogP contribution in [0.1, 0.15) is 5.69 Å². The summed E-state index contributed by atoms with van der Waals surface area (Å²) in [6.07, 6.45) is 5.42. The Balaban J connectivity index is 1.42. The molecule has 0 aromatic carbocycles. The maximum Gasteiger partial charge on any atom is 0.244 e. The van der Waals surface area contributed by atoms with Crippen molar-refractivity contribution in [2.75, 3.05) is 33.2 Å². The molecule has 3 aromatic heterocycles. The van der Waals surface area contributed by atoms with Gasteiger partial charge in [-0.2, -0.15) is 4.31 Å². The topological polar surface area (TPSA) is 70.8 Å². The predicted octanol–water partition coefficient (Wildman–Crippen LogP) is 1.96. The molecule has 0 radical (unpaired) electrons. The minimum absolute atomic E-state index is 0.254. The highest BCUT2D eigenvalue weighted by molar-refractivity contribution is 7.98. The fourth-order valence-electron chi connectivity index (χ4n) is 2.99. The lowest BCUT2D eigenvalue weighted by atomic mass is 10.4. The zero-order valence-electron chi connectivity index (χ0n) is 15.0. The standard InChI is InChI=1S/C18H21N5O2S2/c1-21-8-10-23(11-9-21)27(24,25)16-5-6-18(19-12-16)26-14-15-13-22-7-3-2-4-17(22)20-15/h2-7,12-13H,8-11,14H2,1H3. The molecule has 0 spiro atoms. The maximum absolute atomic E-state index is 12.7. The van der Waals surface area contributed by atoms with Crippen LogP contribution in [0, 0.1) is 0 Å². The molecule has 0 bridgehead atoms. The van der Waals surface area contributed by atoms with Crippen LogP contribution < -0.4 is 0 Å². The zero-order chi connectivity index (χ0) is 18.9. The van der Waals surface area contributed by atoms with Crippen LogP contribution in [0.5, 0.6) is 0 Å². The zero-order valence-corrected chi connectivity index (χ0v) is 16.7. The normalized spacial score (nSPS) is 16.8. The third-order valence-corrected chi connectivity index (χ3v) is 7.45. The summed E-state index contributed by atoms with van der Waals surface area (Å²) in [5.41, 5.74) is 1.87. The first-order valence-corrected chi connectivity index (χ1v) is 11.1. The lowest BCUT2D eigenvalue weighted by Gasteiger charge is -2.31.